The van der Waals surface area contributed by atoms with E-state index in [4.69, 9.17) is 0 Å². The molecule has 7 nitrogen and oxygen atoms in total. The summed E-state index contributed by atoms with van der Waals surface area (Å²) in [4.78, 5) is 10.3. The molecule has 1 heterocycles. The average Bonchev–Trinajstić information content (AvgIpc) is 2.47. The van der Waals surface area contributed by atoms with Crippen LogP contribution in [0.1, 0.15) is 25.3 Å². The number of benzene rings is 1. The van der Waals surface area contributed by atoms with Gasteiger partial charge in [0, 0.05) is 17.7 Å². The molecule has 9 heteroatoms. The Morgan fingerprint density at radius 3 is 2.70 bits per heavy atom. The van der Waals surface area contributed by atoms with Crippen molar-refractivity contribution in [3.63, 3.8) is 0 Å². The fraction of sp³-hybridized carbons (Fsp3) is 0.571. The van der Waals surface area contributed by atoms with Gasteiger partial charge in [0.15, 0.2) is 0 Å². The van der Waals surface area contributed by atoms with E-state index < -0.39 is 14.9 Å². The van der Waals surface area contributed by atoms with E-state index in [9.17, 15) is 18.5 Å². The summed E-state index contributed by atoms with van der Waals surface area (Å²) in [5, 5.41) is 14.2. The van der Waals surface area contributed by atoms with Crippen molar-refractivity contribution in [3.05, 3.63) is 33.9 Å². The molecule has 0 bridgehead atoms. The number of aryl methyl sites for hydroxylation is 1. The second kappa shape index (κ2) is 8.05. The second-order valence-corrected chi connectivity index (χ2v) is 7.44. The van der Waals surface area contributed by atoms with E-state index in [0.29, 0.717) is 5.56 Å². The van der Waals surface area contributed by atoms with E-state index in [2.05, 4.69) is 10.0 Å². The SMILES string of the molecule is Cc1ccc(S(=O)(=O)NC(C)C2CCCNC2)cc1[N+](=O)[O-].Cl. The minimum absolute atomic E-state index is 0. The zero-order valence-electron chi connectivity index (χ0n) is 13.1. The van der Waals surface area contributed by atoms with Crippen LogP contribution in [0.4, 0.5) is 5.69 Å². The highest BCUT2D eigenvalue weighted by Crippen LogP contribution is 2.23. The molecule has 0 spiro atoms. The van der Waals surface area contributed by atoms with E-state index in [0.717, 1.165) is 32.0 Å². The summed E-state index contributed by atoms with van der Waals surface area (Å²) in [7, 11) is -3.76. The van der Waals surface area contributed by atoms with Crippen molar-refractivity contribution in [2.45, 2.75) is 37.6 Å². The van der Waals surface area contributed by atoms with Crippen molar-refractivity contribution in [2.75, 3.05) is 13.1 Å². The van der Waals surface area contributed by atoms with Gasteiger partial charge in [-0.2, -0.15) is 0 Å². The topological polar surface area (TPSA) is 101 Å². The molecule has 0 saturated carbocycles. The van der Waals surface area contributed by atoms with Crippen LogP contribution >= 0.6 is 12.4 Å². The summed E-state index contributed by atoms with van der Waals surface area (Å²) in [5.74, 6) is 0.226. The molecule has 2 atom stereocenters. The van der Waals surface area contributed by atoms with Gasteiger partial charge in [0.1, 0.15) is 0 Å². The van der Waals surface area contributed by atoms with E-state index in [-0.39, 0.29) is 34.9 Å². The highest BCUT2D eigenvalue weighted by Gasteiger charge is 2.26. The normalized spacial score (nSPS) is 19.7. The van der Waals surface area contributed by atoms with Crippen LogP contribution in [0, 0.1) is 23.0 Å². The molecule has 2 unspecified atom stereocenters. The molecule has 1 aliphatic rings. The van der Waals surface area contributed by atoms with Crippen LogP contribution in [0.25, 0.3) is 0 Å². The zero-order valence-corrected chi connectivity index (χ0v) is 14.7. The maximum absolute atomic E-state index is 12.4. The van der Waals surface area contributed by atoms with Gasteiger partial charge in [0.25, 0.3) is 5.69 Å². The number of sulfonamides is 1. The van der Waals surface area contributed by atoms with Crippen LogP contribution in [0.2, 0.25) is 0 Å². The predicted octanol–water partition coefficient (Wildman–Crippen LogP) is 1.99. The molecule has 2 N–H and O–H groups in total. The maximum atomic E-state index is 12.4. The number of nitro benzene ring substituents is 1. The summed E-state index contributed by atoms with van der Waals surface area (Å²) < 4.78 is 27.5. The zero-order chi connectivity index (χ0) is 16.3. The van der Waals surface area contributed by atoms with Crippen molar-refractivity contribution in [3.8, 4) is 0 Å². The number of hydrogen-bond donors (Lipinski definition) is 2. The van der Waals surface area contributed by atoms with Crippen molar-refractivity contribution in [1.29, 1.82) is 0 Å². The average molecular weight is 364 g/mol. The van der Waals surface area contributed by atoms with Gasteiger partial charge in [-0.1, -0.05) is 6.07 Å². The predicted molar refractivity (Wildman–Crippen MR) is 90.5 cm³/mol. The molecule has 0 radical (unpaired) electrons. The van der Waals surface area contributed by atoms with Gasteiger partial charge in [-0.25, -0.2) is 13.1 Å². The first-order chi connectivity index (χ1) is 10.3. The van der Waals surface area contributed by atoms with Gasteiger partial charge in [0.05, 0.1) is 9.82 Å². The van der Waals surface area contributed by atoms with Crippen LogP contribution in [0.15, 0.2) is 23.1 Å². The smallest absolute Gasteiger partial charge is 0.273 e. The van der Waals surface area contributed by atoms with Crippen molar-refractivity contribution in [2.24, 2.45) is 5.92 Å². The summed E-state index contributed by atoms with van der Waals surface area (Å²) in [6.07, 6.45) is 1.98. The largest absolute Gasteiger partial charge is 0.316 e. The number of nitrogens with zero attached hydrogens (tertiary/aromatic N) is 1. The van der Waals surface area contributed by atoms with Crippen LogP contribution in [-0.2, 0) is 10.0 Å². The molecule has 1 saturated heterocycles. The third-order valence-corrected chi connectivity index (χ3v) is 5.63. The maximum Gasteiger partial charge on any atom is 0.273 e. The first-order valence-electron chi connectivity index (χ1n) is 7.29. The van der Waals surface area contributed by atoms with Gasteiger partial charge in [0.2, 0.25) is 10.0 Å². The van der Waals surface area contributed by atoms with Crippen LogP contribution in [-0.4, -0.2) is 32.5 Å². The van der Waals surface area contributed by atoms with Crippen molar-refractivity contribution in [1.82, 2.24) is 10.0 Å². The van der Waals surface area contributed by atoms with Crippen molar-refractivity contribution >= 4 is 28.1 Å². The molecular weight excluding hydrogens is 342 g/mol. The van der Waals surface area contributed by atoms with E-state index in [1.54, 1.807) is 6.92 Å². The Morgan fingerprint density at radius 2 is 2.13 bits per heavy atom. The highest BCUT2D eigenvalue weighted by molar-refractivity contribution is 7.89. The lowest BCUT2D eigenvalue weighted by atomic mass is 9.94. The standard InChI is InChI=1S/C14H21N3O4S.ClH/c1-10-5-6-13(8-14(10)17(18)19)22(20,21)16-11(2)12-4-3-7-15-9-12;/h5-6,8,11-12,15-16H,3-4,7,9H2,1-2H3;1H. The molecule has 2 rings (SSSR count). The van der Waals surface area contributed by atoms with E-state index in [1.807, 2.05) is 6.92 Å². The molecular formula is C14H22ClN3O4S. The molecule has 0 aromatic heterocycles. The first kappa shape index (κ1) is 19.8. The fourth-order valence-electron chi connectivity index (χ4n) is 2.67. The van der Waals surface area contributed by atoms with Gasteiger partial charge in [-0.05, 0) is 51.8 Å². The number of halogens is 1. The molecule has 0 aliphatic carbocycles. The minimum Gasteiger partial charge on any atom is -0.316 e. The number of piperidine rings is 1. The summed E-state index contributed by atoms with van der Waals surface area (Å²) in [5.41, 5.74) is 0.253. The highest BCUT2D eigenvalue weighted by atomic mass is 35.5. The Morgan fingerprint density at radius 1 is 1.43 bits per heavy atom. The van der Waals surface area contributed by atoms with Gasteiger partial charge in [-0.15, -0.1) is 12.4 Å². The molecule has 0 amide bonds. The third kappa shape index (κ3) is 4.87. The first-order valence-corrected chi connectivity index (χ1v) is 8.77. The molecule has 1 aliphatic heterocycles. The van der Waals surface area contributed by atoms with Crippen LogP contribution in [0.3, 0.4) is 0 Å². The lowest BCUT2D eigenvalue weighted by Crippen LogP contribution is -2.44. The molecule has 23 heavy (non-hydrogen) atoms. The molecule has 1 aromatic carbocycles. The number of nitrogens with one attached hydrogen (secondary N) is 2. The Kier molecular flexibility index (Phi) is 6.94. The second-order valence-electron chi connectivity index (χ2n) is 5.72. The Balaban J connectivity index is 0.00000264. The Bertz CT molecular complexity index is 660. The van der Waals surface area contributed by atoms with Crippen molar-refractivity contribution < 1.29 is 13.3 Å². The molecule has 1 aromatic rings. The monoisotopic (exact) mass is 363 g/mol. The third-order valence-electron chi connectivity index (χ3n) is 4.07. The Hall–Kier alpha value is -1.22. The van der Waals surface area contributed by atoms with Gasteiger partial charge < -0.3 is 5.32 Å². The van der Waals surface area contributed by atoms with E-state index >= 15 is 0 Å². The van der Waals surface area contributed by atoms with Crippen LogP contribution in [0.5, 0.6) is 0 Å². The quantitative estimate of drug-likeness (QED) is 0.615. The Labute approximate surface area is 142 Å². The van der Waals surface area contributed by atoms with Gasteiger partial charge >= 0.3 is 0 Å². The van der Waals surface area contributed by atoms with E-state index in [1.165, 1.54) is 12.1 Å². The number of nitro groups is 1. The van der Waals surface area contributed by atoms with Gasteiger partial charge in [-0.3, -0.25) is 10.1 Å². The molecule has 1 fully saturated rings. The summed E-state index contributed by atoms with van der Waals surface area (Å²) >= 11 is 0. The number of rotatable bonds is 5. The number of hydrogen-bond acceptors (Lipinski definition) is 5. The minimum atomic E-state index is -3.76. The van der Waals surface area contributed by atoms with Crippen LogP contribution < -0.4 is 10.0 Å². The summed E-state index contributed by atoms with van der Waals surface area (Å²) in [6.45, 7) is 5.15. The lowest BCUT2D eigenvalue weighted by molar-refractivity contribution is -0.385. The lowest BCUT2D eigenvalue weighted by Gasteiger charge is -2.28. The molecule has 130 valence electrons. The fourth-order valence-corrected chi connectivity index (χ4v) is 4.00. The summed E-state index contributed by atoms with van der Waals surface area (Å²) in [6, 6.07) is 3.75.